The summed E-state index contributed by atoms with van der Waals surface area (Å²) in [5, 5.41) is 9.79. The summed E-state index contributed by atoms with van der Waals surface area (Å²) >= 11 is 0. The van der Waals surface area contributed by atoms with Gasteiger partial charge in [-0.1, -0.05) is 83.2 Å². The number of aromatic carboxylic acids is 1. The van der Waals surface area contributed by atoms with Gasteiger partial charge in [-0.2, -0.15) is 0 Å². The molecular weight excluding hydrogens is 388 g/mol. The lowest BCUT2D eigenvalue weighted by Crippen LogP contribution is -2.09. The first-order chi connectivity index (χ1) is 15.1. The molecule has 0 bridgehead atoms. The third-order valence-corrected chi connectivity index (χ3v) is 5.70. The van der Waals surface area contributed by atoms with Crippen LogP contribution in [0.25, 0.3) is 11.1 Å². The first-order valence-corrected chi connectivity index (χ1v) is 11.8. The van der Waals surface area contributed by atoms with Crippen LogP contribution in [0.15, 0.2) is 42.5 Å². The molecule has 0 amide bonds. The standard InChI is InChI=1S/C27H38O4/c1-4-6-7-8-12-19-30-24-18-17-23(27(28)29)26(31-20-13-14-21(3)5-2)25(24)22-15-10-9-11-16-22/h9-11,15-18,21H,4-8,12-14,19-20H2,1-3H3,(H,28,29). The van der Waals surface area contributed by atoms with Gasteiger partial charge in [0.15, 0.2) is 0 Å². The minimum atomic E-state index is -0.986. The van der Waals surface area contributed by atoms with Gasteiger partial charge < -0.3 is 14.6 Å². The molecule has 170 valence electrons. The molecule has 2 rings (SSSR count). The second-order valence-corrected chi connectivity index (χ2v) is 8.25. The molecule has 0 saturated carbocycles. The number of benzene rings is 2. The zero-order chi connectivity index (χ0) is 22.5. The minimum Gasteiger partial charge on any atom is -0.493 e. The second-order valence-electron chi connectivity index (χ2n) is 8.25. The average molecular weight is 427 g/mol. The monoisotopic (exact) mass is 426 g/mol. The summed E-state index contributed by atoms with van der Waals surface area (Å²) in [6.07, 6.45) is 8.90. The van der Waals surface area contributed by atoms with Gasteiger partial charge in [-0.3, -0.25) is 0 Å². The van der Waals surface area contributed by atoms with Gasteiger partial charge in [0.05, 0.1) is 18.8 Å². The maximum Gasteiger partial charge on any atom is 0.339 e. The Morgan fingerprint density at radius 1 is 0.903 bits per heavy atom. The predicted molar refractivity (Wildman–Crippen MR) is 127 cm³/mol. The van der Waals surface area contributed by atoms with Crippen molar-refractivity contribution in [2.24, 2.45) is 5.92 Å². The third kappa shape index (κ3) is 7.93. The number of carbonyl (C=O) groups is 1. The van der Waals surface area contributed by atoms with E-state index in [4.69, 9.17) is 9.47 Å². The van der Waals surface area contributed by atoms with E-state index in [-0.39, 0.29) is 5.56 Å². The first kappa shape index (κ1) is 24.8. The van der Waals surface area contributed by atoms with E-state index < -0.39 is 5.97 Å². The maximum atomic E-state index is 11.9. The second kappa shape index (κ2) is 13.7. The molecule has 4 heteroatoms. The number of ether oxygens (including phenoxy) is 2. The van der Waals surface area contributed by atoms with Crippen LogP contribution in [0.2, 0.25) is 0 Å². The molecule has 0 aromatic heterocycles. The molecule has 2 aromatic rings. The van der Waals surface area contributed by atoms with Crippen LogP contribution in [-0.2, 0) is 0 Å². The largest absolute Gasteiger partial charge is 0.493 e. The Balaban J connectivity index is 2.27. The van der Waals surface area contributed by atoms with E-state index in [0.717, 1.165) is 43.2 Å². The fraction of sp³-hybridized carbons (Fsp3) is 0.519. The highest BCUT2D eigenvalue weighted by atomic mass is 16.5. The molecule has 1 N–H and O–H groups in total. The molecule has 0 aliphatic carbocycles. The Bertz CT molecular complexity index is 785. The molecule has 1 unspecified atom stereocenters. The highest BCUT2D eigenvalue weighted by molar-refractivity contribution is 5.96. The van der Waals surface area contributed by atoms with Crippen molar-refractivity contribution in [1.82, 2.24) is 0 Å². The molecule has 1 atom stereocenters. The number of unbranched alkanes of at least 4 members (excludes halogenated alkanes) is 4. The Hall–Kier alpha value is -2.49. The van der Waals surface area contributed by atoms with Crippen LogP contribution in [0, 0.1) is 5.92 Å². The van der Waals surface area contributed by atoms with Gasteiger partial charge in [-0.15, -0.1) is 0 Å². The average Bonchev–Trinajstić information content (AvgIpc) is 2.79. The Morgan fingerprint density at radius 2 is 1.61 bits per heavy atom. The summed E-state index contributed by atoms with van der Waals surface area (Å²) in [6, 6.07) is 13.2. The predicted octanol–water partition coefficient (Wildman–Crippen LogP) is 7.61. The lowest BCUT2D eigenvalue weighted by atomic mass is 9.99. The van der Waals surface area contributed by atoms with E-state index in [1.165, 1.54) is 19.3 Å². The quantitative estimate of drug-likeness (QED) is 0.298. The topological polar surface area (TPSA) is 55.8 Å². The van der Waals surface area contributed by atoms with Gasteiger partial charge in [0.25, 0.3) is 0 Å². The molecule has 0 fully saturated rings. The van der Waals surface area contributed by atoms with Crippen molar-refractivity contribution in [1.29, 1.82) is 0 Å². The first-order valence-electron chi connectivity index (χ1n) is 11.8. The van der Waals surface area contributed by atoms with Gasteiger partial charge in [0.2, 0.25) is 0 Å². The SMILES string of the molecule is CCCCCCCOc1ccc(C(=O)O)c(OCCCC(C)CC)c1-c1ccccc1. The van der Waals surface area contributed by atoms with Crippen LogP contribution < -0.4 is 9.47 Å². The Kier molecular flexibility index (Phi) is 11.0. The fourth-order valence-electron chi connectivity index (χ4n) is 3.58. The van der Waals surface area contributed by atoms with Crippen molar-refractivity contribution in [2.75, 3.05) is 13.2 Å². The summed E-state index contributed by atoms with van der Waals surface area (Å²) in [5.41, 5.74) is 1.82. The van der Waals surface area contributed by atoms with Crippen LogP contribution >= 0.6 is 0 Å². The van der Waals surface area contributed by atoms with Crippen molar-refractivity contribution in [2.45, 2.75) is 72.1 Å². The highest BCUT2D eigenvalue weighted by Crippen LogP contribution is 2.41. The van der Waals surface area contributed by atoms with Gasteiger partial charge in [0.1, 0.15) is 17.1 Å². The van der Waals surface area contributed by atoms with E-state index in [1.54, 1.807) is 12.1 Å². The molecule has 31 heavy (non-hydrogen) atoms. The number of carboxylic acid groups (broad SMARTS) is 1. The lowest BCUT2D eigenvalue weighted by molar-refractivity contribution is 0.0692. The summed E-state index contributed by atoms with van der Waals surface area (Å²) < 4.78 is 12.3. The van der Waals surface area contributed by atoms with Gasteiger partial charge in [-0.25, -0.2) is 4.79 Å². The third-order valence-electron chi connectivity index (χ3n) is 5.70. The number of rotatable bonds is 15. The molecule has 0 spiro atoms. The Labute approximate surface area is 187 Å². The smallest absolute Gasteiger partial charge is 0.339 e. The zero-order valence-electron chi connectivity index (χ0n) is 19.4. The molecule has 0 saturated heterocycles. The summed E-state index contributed by atoms with van der Waals surface area (Å²) in [4.78, 5) is 11.9. The molecule has 0 aliphatic heterocycles. The molecular formula is C27H38O4. The van der Waals surface area contributed by atoms with Crippen LogP contribution in [0.3, 0.4) is 0 Å². The maximum absolute atomic E-state index is 11.9. The van der Waals surface area contributed by atoms with Crippen molar-refractivity contribution >= 4 is 5.97 Å². The van der Waals surface area contributed by atoms with E-state index in [9.17, 15) is 9.90 Å². The van der Waals surface area contributed by atoms with E-state index in [2.05, 4.69) is 20.8 Å². The van der Waals surface area contributed by atoms with Crippen LogP contribution in [-0.4, -0.2) is 24.3 Å². The lowest BCUT2D eigenvalue weighted by Gasteiger charge is -2.19. The fourth-order valence-corrected chi connectivity index (χ4v) is 3.58. The van der Waals surface area contributed by atoms with Crippen LogP contribution in [0.5, 0.6) is 11.5 Å². The number of carboxylic acids is 1. The zero-order valence-corrected chi connectivity index (χ0v) is 19.4. The van der Waals surface area contributed by atoms with Gasteiger partial charge in [-0.05, 0) is 42.9 Å². The van der Waals surface area contributed by atoms with E-state index >= 15 is 0 Å². The van der Waals surface area contributed by atoms with Gasteiger partial charge in [0, 0.05) is 0 Å². The van der Waals surface area contributed by atoms with Crippen LogP contribution in [0.4, 0.5) is 0 Å². The summed E-state index contributed by atoms with van der Waals surface area (Å²) in [6.45, 7) is 7.73. The normalized spacial score (nSPS) is 11.8. The summed E-state index contributed by atoms with van der Waals surface area (Å²) in [7, 11) is 0. The van der Waals surface area contributed by atoms with Crippen molar-refractivity contribution in [3.63, 3.8) is 0 Å². The molecule has 0 aliphatic rings. The van der Waals surface area contributed by atoms with Gasteiger partial charge >= 0.3 is 5.97 Å². The summed E-state index contributed by atoms with van der Waals surface area (Å²) in [5.74, 6) is 0.744. The van der Waals surface area contributed by atoms with E-state index in [1.807, 2.05) is 30.3 Å². The number of hydrogen-bond acceptors (Lipinski definition) is 3. The molecule has 0 heterocycles. The van der Waals surface area contributed by atoms with Crippen molar-refractivity contribution < 1.29 is 19.4 Å². The van der Waals surface area contributed by atoms with Crippen molar-refractivity contribution in [3.05, 3.63) is 48.0 Å². The molecule has 0 radical (unpaired) electrons. The number of hydrogen-bond donors (Lipinski definition) is 1. The van der Waals surface area contributed by atoms with E-state index in [0.29, 0.717) is 30.6 Å². The molecule has 2 aromatic carbocycles. The Morgan fingerprint density at radius 3 is 2.29 bits per heavy atom. The minimum absolute atomic E-state index is 0.178. The van der Waals surface area contributed by atoms with Crippen LogP contribution in [0.1, 0.15) is 82.5 Å². The van der Waals surface area contributed by atoms with Crippen molar-refractivity contribution in [3.8, 4) is 22.6 Å². The molecule has 4 nitrogen and oxygen atoms in total. The highest BCUT2D eigenvalue weighted by Gasteiger charge is 2.21.